The van der Waals surface area contributed by atoms with E-state index in [9.17, 15) is 0 Å². The average Bonchev–Trinajstić information content (AvgIpc) is 2.33. The third-order valence-electron chi connectivity index (χ3n) is 3.97. The molecule has 100 valence electrons. The maximum Gasteiger partial charge on any atom is 0.0462 e. The minimum absolute atomic E-state index is 0.733. The number of nitrogens with one attached hydrogen (secondary N) is 1. The molecule has 2 rings (SSSR count). The number of rotatable bonds is 7. The summed E-state index contributed by atoms with van der Waals surface area (Å²) in [6.45, 7) is 4.24. The molecule has 0 bridgehead atoms. The highest BCUT2D eigenvalue weighted by Crippen LogP contribution is 2.38. The Kier molecular flexibility index (Phi) is 5.21. The van der Waals surface area contributed by atoms with Crippen LogP contribution in [0.2, 0.25) is 0 Å². The first-order valence-corrected chi connectivity index (χ1v) is 7.09. The minimum atomic E-state index is 0.733. The molecule has 1 N–H and O–H groups in total. The Hall–Kier alpha value is -0.860. The van der Waals surface area contributed by atoms with Crippen molar-refractivity contribution in [3.8, 4) is 0 Å². The molecule has 0 heterocycles. The van der Waals surface area contributed by atoms with Gasteiger partial charge < -0.3 is 10.1 Å². The fraction of sp³-hybridized carbons (Fsp3) is 0.625. The number of benzene rings is 1. The lowest BCUT2D eigenvalue weighted by Gasteiger charge is -2.37. The van der Waals surface area contributed by atoms with E-state index >= 15 is 0 Å². The lowest BCUT2D eigenvalue weighted by Crippen LogP contribution is -2.40. The number of methoxy groups -OCH3 is 1. The van der Waals surface area contributed by atoms with Crippen LogP contribution < -0.4 is 5.32 Å². The van der Waals surface area contributed by atoms with Gasteiger partial charge in [-0.3, -0.25) is 0 Å². The predicted octanol–water partition coefficient (Wildman–Crippen LogP) is 3.26. The van der Waals surface area contributed by atoms with Crippen LogP contribution in [0, 0.1) is 6.92 Å². The lowest BCUT2D eigenvalue weighted by molar-refractivity contribution is 0.191. The second kappa shape index (κ2) is 6.91. The van der Waals surface area contributed by atoms with E-state index < -0.39 is 0 Å². The van der Waals surface area contributed by atoms with E-state index in [2.05, 4.69) is 36.5 Å². The summed E-state index contributed by atoms with van der Waals surface area (Å²) < 4.78 is 5.05. The molecule has 1 fully saturated rings. The molecule has 0 atom stereocenters. The summed E-state index contributed by atoms with van der Waals surface area (Å²) in [6.07, 6.45) is 4.99. The normalized spacial score (nSPS) is 22.8. The molecule has 0 radical (unpaired) electrons. The van der Waals surface area contributed by atoms with Crippen LogP contribution in [0.25, 0.3) is 0 Å². The summed E-state index contributed by atoms with van der Waals surface area (Å²) in [4.78, 5) is 0. The van der Waals surface area contributed by atoms with Gasteiger partial charge in [-0.2, -0.15) is 0 Å². The molecule has 1 aliphatic carbocycles. The van der Waals surface area contributed by atoms with Crippen molar-refractivity contribution in [2.24, 2.45) is 0 Å². The van der Waals surface area contributed by atoms with Gasteiger partial charge in [0.05, 0.1) is 0 Å². The van der Waals surface area contributed by atoms with Gasteiger partial charge >= 0.3 is 0 Å². The number of hydrogen-bond donors (Lipinski definition) is 1. The molecule has 1 aromatic carbocycles. The average molecular weight is 247 g/mol. The molecule has 0 aromatic heterocycles. The van der Waals surface area contributed by atoms with Crippen LogP contribution in [0.1, 0.15) is 42.7 Å². The van der Waals surface area contributed by atoms with Crippen LogP contribution in [0.5, 0.6) is 0 Å². The molecule has 2 nitrogen and oxygen atoms in total. The SMILES string of the molecule is COCCCCNC1CC(c2ccccc2C)C1. The zero-order valence-electron chi connectivity index (χ0n) is 11.6. The molecule has 1 saturated carbocycles. The second-order valence-electron chi connectivity index (χ2n) is 5.38. The van der Waals surface area contributed by atoms with Crippen LogP contribution in [0.15, 0.2) is 24.3 Å². The third-order valence-corrected chi connectivity index (χ3v) is 3.97. The Labute approximate surface area is 111 Å². The van der Waals surface area contributed by atoms with Crippen molar-refractivity contribution in [2.45, 2.75) is 44.6 Å². The van der Waals surface area contributed by atoms with Gasteiger partial charge in [0.15, 0.2) is 0 Å². The minimum Gasteiger partial charge on any atom is -0.385 e. The van der Waals surface area contributed by atoms with Crippen LogP contribution in [-0.2, 0) is 4.74 Å². The Morgan fingerprint density at radius 1 is 1.22 bits per heavy atom. The maximum atomic E-state index is 5.05. The van der Waals surface area contributed by atoms with Gasteiger partial charge in [-0.05, 0) is 56.2 Å². The molecule has 0 spiro atoms. The summed E-state index contributed by atoms with van der Waals surface area (Å²) in [6, 6.07) is 9.53. The van der Waals surface area contributed by atoms with Gasteiger partial charge in [-0.1, -0.05) is 24.3 Å². The molecule has 1 aliphatic rings. The summed E-state index contributed by atoms with van der Waals surface area (Å²) in [7, 11) is 1.77. The smallest absolute Gasteiger partial charge is 0.0462 e. The van der Waals surface area contributed by atoms with Gasteiger partial charge in [0.2, 0.25) is 0 Å². The van der Waals surface area contributed by atoms with Crippen molar-refractivity contribution in [1.29, 1.82) is 0 Å². The van der Waals surface area contributed by atoms with Crippen LogP contribution >= 0.6 is 0 Å². The summed E-state index contributed by atoms with van der Waals surface area (Å²) in [5, 5.41) is 3.64. The van der Waals surface area contributed by atoms with Crippen LogP contribution in [0.3, 0.4) is 0 Å². The van der Waals surface area contributed by atoms with Gasteiger partial charge in [-0.25, -0.2) is 0 Å². The van der Waals surface area contributed by atoms with Gasteiger partial charge in [0.1, 0.15) is 0 Å². The first-order valence-electron chi connectivity index (χ1n) is 7.09. The van der Waals surface area contributed by atoms with E-state index in [1.807, 2.05) is 0 Å². The molecule has 0 aliphatic heterocycles. The van der Waals surface area contributed by atoms with Crippen molar-refractivity contribution in [1.82, 2.24) is 5.32 Å². The topological polar surface area (TPSA) is 21.3 Å². The lowest BCUT2D eigenvalue weighted by atomic mass is 9.74. The van der Waals surface area contributed by atoms with Crippen molar-refractivity contribution in [3.63, 3.8) is 0 Å². The Bertz CT molecular complexity index is 358. The fourth-order valence-electron chi connectivity index (χ4n) is 2.76. The van der Waals surface area contributed by atoms with Crippen molar-refractivity contribution in [3.05, 3.63) is 35.4 Å². The van der Waals surface area contributed by atoms with Crippen molar-refractivity contribution in [2.75, 3.05) is 20.3 Å². The number of unbranched alkanes of at least 4 members (excludes halogenated alkanes) is 1. The van der Waals surface area contributed by atoms with Crippen LogP contribution in [-0.4, -0.2) is 26.3 Å². The highest BCUT2D eigenvalue weighted by atomic mass is 16.5. The van der Waals surface area contributed by atoms with Crippen molar-refractivity contribution >= 4 is 0 Å². The summed E-state index contributed by atoms with van der Waals surface area (Å²) in [5.41, 5.74) is 3.00. The second-order valence-corrected chi connectivity index (χ2v) is 5.38. The Morgan fingerprint density at radius 3 is 2.72 bits per heavy atom. The van der Waals surface area contributed by atoms with Gasteiger partial charge in [0.25, 0.3) is 0 Å². The predicted molar refractivity (Wildman–Crippen MR) is 76.1 cm³/mol. The molecular weight excluding hydrogens is 222 g/mol. The molecule has 0 amide bonds. The van der Waals surface area contributed by atoms with E-state index in [-0.39, 0.29) is 0 Å². The number of hydrogen-bond acceptors (Lipinski definition) is 2. The fourth-order valence-corrected chi connectivity index (χ4v) is 2.76. The molecule has 0 unspecified atom stereocenters. The summed E-state index contributed by atoms with van der Waals surface area (Å²) in [5.74, 6) is 0.780. The maximum absolute atomic E-state index is 5.05. The van der Waals surface area contributed by atoms with Crippen LogP contribution in [0.4, 0.5) is 0 Å². The molecule has 0 saturated heterocycles. The number of aryl methyl sites for hydroxylation is 1. The molecule has 2 heteroatoms. The molecular formula is C16H25NO. The Morgan fingerprint density at radius 2 is 2.00 bits per heavy atom. The zero-order valence-corrected chi connectivity index (χ0v) is 11.6. The first kappa shape index (κ1) is 13.6. The van der Waals surface area contributed by atoms with Gasteiger partial charge in [0, 0.05) is 19.8 Å². The third kappa shape index (κ3) is 3.56. The molecule has 1 aromatic rings. The van der Waals surface area contributed by atoms with E-state index in [1.165, 1.54) is 24.8 Å². The largest absolute Gasteiger partial charge is 0.385 e. The van der Waals surface area contributed by atoms with E-state index in [4.69, 9.17) is 4.74 Å². The quantitative estimate of drug-likeness (QED) is 0.747. The van der Waals surface area contributed by atoms with Crippen molar-refractivity contribution < 1.29 is 4.74 Å². The van der Waals surface area contributed by atoms with E-state index in [0.29, 0.717) is 0 Å². The summed E-state index contributed by atoms with van der Waals surface area (Å²) >= 11 is 0. The van der Waals surface area contributed by atoms with E-state index in [1.54, 1.807) is 12.7 Å². The van der Waals surface area contributed by atoms with Gasteiger partial charge in [-0.15, -0.1) is 0 Å². The Balaban J connectivity index is 1.64. The first-order chi connectivity index (χ1) is 8.81. The highest BCUT2D eigenvalue weighted by Gasteiger charge is 2.30. The number of ether oxygens (including phenoxy) is 1. The van der Waals surface area contributed by atoms with E-state index in [0.717, 1.165) is 31.5 Å². The standard InChI is InChI=1S/C16H25NO/c1-13-7-3-4-8-16(13)14-11-15(12-14)17-9-5-6-10-18-2/h3-4,7-8,14-15,17H,5-6,9-12H2,1-2H3. The monoisotopic (exact) mass is 247 g/mol. The molecule has 18 heavy (non-hydrogen) atoms. The zero-order chi connectivity index (χ0) is 12.8. The highest BCUT2D eigenvalue weighted by molar-refractivity contribution is 5.31.